The van der Waals surface area contributed by atoms with Gasteiger partial charge in [0.25, 0.3) is 0 Å². The molecule has 0 heterocycles. The highest BCUT2D eigenvalue weighted by Gasteiger charge is 2.52. The van der Waals surface area contributed by atoms with E-state index in [4.69, 9.17) is 0 Å². The van der Waals surface area contributed by atoms with Crippen molar-refractivity contribution in [3.05, 3.63) is 11.6 Å². The van der Waals surface area contributed by atoms with Crippen molar-refractivity contribution in [2.75, 3.05) is 0 Å². The summed E-state index contributed by atoms with van der Waals surface area (Å²) in [5, 5.41) is 0. The molecule has 1 fully saturated rings. The van der Waals surface area contributed by atoms with Gasteiger partial charge in [-0.15, -0.1) is 0 Å². The van der Waals surface area contributed by atoms with Crippen molar-refractivity contribution in [1.29, 1.82) is 0 Å². The highest BCUT2D eigenvalue weighted by Crippen LogP contribution is 2.61. The normalized spacial score (nSPS) is 41.5. The summed E-state index contributed by atoms with van der Waals surface area (Å²) < 4.78 is 0. The van der Waals surface area contributed by atoms with Crippen molar-refractivity contribution in [3.8, 4) is 0 Å². The van der Waals surface area contributed by atoms with Crippen LogP contribution in [-0.2, 0) is 4.79 Å². The van der Waals surface area contributed by atoms with Gasteiger partial charge in [0.05, 0.1) is 0 Å². The summed E-state index contributed by atoms with van der Waals surface area (Å²) in [5.74, 6) is 0.512. The second-order valence-electron chi connectivity index (χ2n) is 5.60. The third kappa shape index (κ3) is 1.09. The molecule has 72 valence electrons. The molecule has 2 unspecified atom stereocenters. The van der Waals surface area contributed by atoms with Crippen LogP contribution in [0.2, 0.25) is 0 Å². The Hall–Kier alpha value is -0.590. The largest absolute Gasteiger partial charge is 0.298 e. The highest BCUT2D eigenvalue weighted by atomic mass is 16.1. The van der Waals surface area contributed by atoms with E-state index in [0.717, 1.165) is 18.3 Å². The van der Waals surface area contributed by atoms with Gasteiger partial charge in [-0.25, -0.2) is 0 Å². The Morgan fingerprint density at radius 2 is 2.08 bits per heavy atom. The van der Waals surface area contributed by atoms with Crippen LogP contribution >= 0.6 is 0 Å². The van der Waals surface area contributed by atoms with Crippen LogP contribution < -0.4 is 0 Å². The summed E-state index contributed by atoms with van der Waals surface area (Å²) in [6.45, 7) is 6.93. The van der Waals surface area contributed by atoms with Gasteiger partial charge in [0.2, 0.25) is 0 Å². The Labute approximate surface area is 80.2 Å². The lowest BCUT2D eigenvalue weighted by Gasteiger charge is -2.33. The minimum absolute atomic E-state index is 0.331. The first-order valence-electron chi connectivity index (χ1n) is 5.15. The van der Waals surface area contributed by atoms with E-state index in [1.54, 1.807) is 0 Å². The molecule has 2 aliphatic rings. The van der Waals surface area contributed by atoms with Gasteiger partial charge in [0.1, 0.15) is 6.29 Å². The van der Waals surface area contributed by atoms with Gasteiger partial charge in [0, 0.05) is 0 Å². The van der Waals surface area contributed by atoms with Crippen molar-refractivity contribution in [2.45, 2.75) is 40.0 Å². The molecule has 0 bridgehead atoms. The van der Waals surface area contributed by atoms with Gasteiger partial charge in [0.15, 0.2) is 0 Å². The van der Waals surface area contributed by atoms with Crippen molar-refractivity contribution >= 4 is 6.29 Å². The molecule has 13 heavy (non-hydrogen) atoms. The molecule has 1 nitrogen and oxygen atoms in total. The van der Waals surface area contributed by atoms with Crippen molar-refractivity contribution in [1.82, 2.24) is 0 Å². The minimum Gasteiger partial charge on any atom is -0.298 e. The van der Waals surface area contributed by atoms with Crippen LogP contribution in [0.5, 0.6) is 0 Å². The number of hydrogen-bond acceptors (Lipinski definition) is 1. The fourth-order valence-corrected chi connectivity index (χ4v) is 3.50. The molecule has 0 aromatic rings. The molecule has 1 heteroatoms. The van der Waals surface area contributed by atoms with Crippen LogP contribution in [-0.4, -0.2) is 6.29 Å². The number of carbonyl (C=O) groups is 1. The summed E-state index contributed by atoms with van der Waals surface area (Å²) in [5.41, 5.74) is 1.78. The van der Waals surface area contributed by atoms with E-state index in [1.165, 1.54) is 12.8 Å². The quantitative estimate of drug-likeness (QED) is 0.564. The molecule has 2 rings (SSSR count). The minimum atomic E-state index is 0.331. The highest BCUT2D eigenvalue weighted by molar-refractivity contribution is 5.76. The SMILES string of the molecule is CC1(C)CCC2(C)CC=C(C=O)C12. The molecule has 0 spiro atoms. The maximum atomic E-state index is 10.9. The topological polar surface area (TPSA) is 17.1 Å². The summed E-state index contributed by atoms with van der Waals surface area (Å²) >= 11 is 0. The van der Waals surface area contributed by atoms with Gasteiger partial charge in [-0.1, -0.05) is 26.8 Å². The Bertz CT molecular complexity index is 275. The van der Waals surface area contributed by atoms with Crippen LogP contribution in [0.4, 0.5) is 0 Å². The van der Waals surface area contributed by atoms with E-state index >= 15 is 0 Å². The van der Waals surface area contributed by atoms with E-state index in [0.29, 0.717) is 16.7 Å². The summed E-state index contributed by atoms with van der Waals surface area (Å²) in [6, 6.07) is 0. The van der Waals surface area contributed by atoms with E-state index in [9.17, 15) is 4.79 Å². The van der Waals surface area contributed by atoms with Crippen LogP contribution in [0, 0.1) is 16.7 Å². The zero-order chi connectivity index (χ0) is 9.69. The van der Waals surface area contributed by atoms with Gasteiger partial charge in [-0.2, -0.15) is 0 Å². The van der Waals surface area contributed by atoms with Gasteiger partial charge in [-0.05, 0) is 41.6 Å². The number of aldehydes is 1. The summed E-state index contributed by atoms with van der Waals surface area (Å²) in [4.78, 5) is 10.9. The summed E-state index contributed by atoms with van der Waals surface area (Å²) in [6.07, 6.45) is 6.87. The Kier molecular flexibility index (Phi) is 1.70. The molecule has 0 N–H and O–H groups in total. The second-order valence-corrected chi connectivity index (χ2v) is 5.60. The van der Waals surface area contributed by atoms with Crippen molar-refractivity contribution in [3.63, 3.8) is 0 Å². The maximum absolute atomic E-state index is 10.9. The Morgan fingerprint density at radius 1 is 1.38 bits per heavy atom. The summed E-state index contributed by atoms with van der Waals surface area (Å²) in [7, 11) is 0. The number of allylic oxidation sites excluding steroid dienone is 2. The van der Waals surface area contributed by atoms with Gasteiger partial charge >= 0.3 is 0 Å². The lowest BCUT2D eigenvalue weighted by Crippen LogP contribution is -2.27. The fraction of sp³-hybridized carbons (Fsp3) is 0.750. The van der Waals surface area contributed by atoms with E-state index < -0.39 is 0 Å². The molecule has 2 atom stereocenters. The van der Waals surface area contributed by atoms with Crippen LogP contribution in [0.3, 0.4) is 0 Å². The standard InChI is InChI=1S/C12H18O/c1-11(2)6-7-12(3)5-4-9(8-13)10(11)12/h4,8,10H,5-7H2,1-3H3. The monoisotopic (exact) mass is 178 g/mol. The molecule has 2 aliphatic carbocycles. The van der Waals surface area contributed by atoms with Crippen LogP contribution in [0.15, 0.2) is 11.6 Å². The number of carbonyl (C=O) groups excluding carboxylic acids is 1. The molecular formula is C12H18O. The molecule has 0 radical (unpaired) electrons. The van der Waals surface area contributed by atoms with Crippen LogP contribution in [0.25, 0.3) is 0 Å². The van der Waals surface area contributed by atoms with Crippen molar-refractivity contribution < 1.29 is 4.79 Å². The van der Waals surface area contributed by atoms with E-state index in [2.05, 4.69) is 26.8 Å². The third-order valence-corrected chi connectivity index (χ3v) is 4.09. The average molecular weight is 178 g/mol. The van der Waals surface area contributed by atoms with Crippen LogP contribution in [0.1, 0.15) is 40.0 Å². The molecule has 0 aromatic heterocycles. The van der Waals surface area contributed by atoms with E-state index in [1.807, 2.05) is 0 Å². The van der Waals surface area contributed by atoms with E-state index in [-0.39, 0.29) is 0 Å². The van der Waals surface area contributed by atoms with Gasteiger partial charge < -0.3 is 0 Å². The lowest BCUT2D eigenvalue weighted by molar-refractivity contribution is -0.105. The first kappa shape index (κ1) is 8.98. The number of fused-ring (bicyclic) bond motifs is 1. The molecule has 0 amide bonds. The Morgan fingerprint density at radius 3 is 2.69 bits per heavy atom. The fourth-order valence-electron chi connectivity index (χ4n) is 3.50. The van der Waals surface area contributed by atoms with Crippen molar-refractivity contribution in [2.24, 2.45) is 16.7 Å². The van der Waals surface area contributed by atoms with Gasteiger partial charge in [-0.3, -0.25) is 4.79 Å². The maximum Gasteiger partial charge on any atom is 0.146 e. The zero-order valence-corrected chi connectivity index (χ0v) is 8.76. The molecule has 0 saturated heterocycles. The predicted octanol–water partition coefficient (Wildman–Crippen LogP) is 2.96. The molecule has 1 saturated carbocycles. The molecule has 0 aliphatic heterocycles. The predicted molar refractivity (Wildman–Crippen MR) is 53.4 cm³/mol. The number of rotatable bonds is 1. The first-order chi connectivity index (χ1) is 5.99. The zero-order valence-electron chi connectivity index (χ0n) is 8.76. The Balaban J connectivity index is 2.39. The molecular weight excluding hydrogens is 160 g/mol. The molecule has 0 aromatic carbocycles. The average Bonchev–Trinajstić information content (AvgIpc) is 2.50. The second kappa shape index (κ2) is 2.46. The number of hydrogen-bond donors (Lipinski definition) is 0. The third-order valence-electron chi connectivity index (χ3n) is 4.09. The lowest BCUT2D eigenvalue weighted by atomic mass is 9.71. The first-order valence-corrected chi connectivity index (χ1v) is 5.15. The smallest absolute Gasteiger partial charge is 0.146 e.